The summed E-state index contributed by atoms with van der Waals surface area (Å²) >= 11 is 5.10. The van der Waals surface area contributed by atoms with E-state index < -0.39 is 18.2 Å². The SMILES string of the molecule is C=CC(=O)OCCOC.COCCOC(=O)CCSCC(O)CO.OCC(O)CS. The molecule has 0 aromatic carbocycles. The van der Waals surface area contributed by atoms with Gasteiger partial charge in [0.25, 0.3) is 0 Å². The molecule has 0 bridgehead atoms. The average molecular weight is 477 g/mol. The average Bonchev–Trinajstić information content (AvgIpc) is 2.76. The van der Waals surface area contributed by atoms with E-state index in [-0.39, 0.29) is 25.8 Å². The van der Waals surface area contributed by atoms with Crippen LogP contribution in [0.5, 0.6) is 0 Å². The molecular formula is C18H36O10S2. The Labute approximate surface area is 187 Å². The molecule has 0 aromatic rings. The van der Waals surface area contributed by atoms with Gasteiger partial charge >= 0.3 is 11.9 Å². The van der Waals surface area contributed by atoms with E-state index >= 15 is 0 Å². The largest absolute Gasteiger partial charge is 0.463 e. The van der Waals surface area contributed by atoms with Gasteiger partial charge in [-0.15, -0.1) is 0 Å². The molecule has 2 atom stereocenters. The zero-order valence-electron chi connectivity index (χ0n) is 17.6. The first kappa shape index (κ1) is 33.8. The Bertz CT molecular complexity index is 395. The third-order valence-corrected chi connectivity index (χ3v) is 4.18. The second-order valence-electron chi connectivity index (χ2n) is 5.26. The zero-order chi connectivity index (χ0) is 23.6. The summed E-state index contributed by atoms with van der Waals surface area (Å²) in [5, 5.41) is 33.9. The van der Waals surface area contributed by atoms with Crippen LogP contribution in [0.2, 0.25) is 0 Å². The van der Waals surface area contributed by atoms with E-state index in [0.717, 1.165) is 6.08 Å². The van der Waals surface area contributed by atoms with Gasteiger partial charge in [-0.1, -0.05) is 6.58 Å². The molecule has 0 aliphatic rings. The van der Waals surface area contributed by atoms with Crippen LogP contribution >= 0.6 is 24.4 Å². The van der Waals surface area contributed by atoms with Crippen molar-refractivity contribution < 1.29 is 49.0 Å². The highest BCUT2D eigenvalue weighted by Gasteiger charge is 2.05. The van der Waals surface area contributed by atoms with Gasteiger partial charge in [-0.05, 0) is 0 Å². The topological polar surface area (TPSA) is 152 Å². The molecular weight excluding hydrogens is 440 g/mol. The predicted molar refractivity (Wildman–Crippen MR) is 118 cm³/mol. The lowest BCUT2D eigenvalue weighted by atomic mass is 10.4. The normalized spacial score (nSPS) is 11.7. The molecule has 0 heterocycles. The maximum atomic E-state index is 11.0. The second kappa shape index (κ2) is 28.1. The summed E-state index contributed by atoms with van der Waals surface area (Å²) < 4.78 is 18.7. The molecule has 10 nitrogen and oxygen atoms in total. The summed E-state index contributed by atoms with van der Waals surface area (Å²) in [6.45, 7) is 4.19. The fraction of sp³-hybridized carbons (Fsp3) is 0.778. The number of carbonyl (C=O) groups excluding carboxylic acids is 2. The van der Waals surface area contributed by atoms with E-state index in [4.69, 9.17) is 29.9 Å². The number of hydrogen-bond acceptors (Lipinski definition) is 12. The van der Waals surface area contributed by atoms with Crippen LogP contribution in [-0.2, 0) is 28.5 Å². The molecule has 30 heavy (non-hydrogen) atoms. The lowest BCUT2D eigenvalue weighted by molar-refractivity contribution is -0.144. The minimum absolute atomic E-state index is 0.191. The van der Waals surface area contributed by atoms with Gasteiger partial charge in [-0.2, -0.15) is 24.4 Å². The minimum atomic E-state index is -0.709. The number of esters is 2. The lowest BCUT2D eigenvalue weighted by Gasteiger charge is -2.06. The Morgan fingerprint density at radius 3 is 1.93 bits per heavy atom. The highest BCUT2D eigenvalue weighted by molar-refractivity contribution is 7.99. The number of aliphatic hydroxyl groups is 4. The van der Waals surface area contributed by atoms with E-state index in [2.05, 4.69) is 28.7 Å². The molecule has 2 unspecified atom stereocenters. The van der Waals surface area contributed by atoms with Gasteiger partial charge in [0.2, 0.25) is 0 Å². The van der Waals surface area contributed by atoms with E-state index in [1.807, 2.05) is 0 Å². The maximum absolute atomic E-state index is 11.0. The van der Waals surface area contributed by atoms with Crippen molar-refractivity contribution in [2.75, 3.05) is 71.1 Å². The fourth-order valence-corrected chi connectivity index (χ4v) is 2.05. The number of methoxy groups -OCH3 is 2. The van der Waals surface area contributed by atoms with Crippen LogP contribution in [0.1, 0.15) is 6.42 Å². The third kappa shape index (κ3) is 31.8. The number of rotatable bonds is 15. The first-order valence-corrected chi connectivity index (χ1v) is 10.8. The standard InChI is InChI=1S/C9H18O5S.C6H10O3.C3H8O2S/c1-13-3-4-14-9(12)2-5-15-7-8(11)6-10;1-3-6(7)9-5-4-8-2;4-1-3(5)2-6/h8,10-11H,2-7H2,1H3;3H,1,4-5H2,2H3;3-6H,1-2H2. The Morgan fingerprint density at radius 2 is 1.53 bits per heavy atom. The molecule has 12 heteroatoms. The summed E-state index contributed by atoms with van der Waals surface area (Å²) in [7, 11) is 3.09. The van der Waals surface area contributed by atoms with Gasteiger partial charge in [0, 0.05) is 37.6 Å². The highest BCUT2D eigenvalue weighted by atomic mass is 32.2. The molecule has 0 aliphatic carbocycles. The molecule has 0 fully saturated rings. The summed E-state index contributed by atoms with van der Waals surface area (Å²) in [5.74, 6) is 0.673. The summed E-state index contributed by atoms with van der Waals surface area (Å²) in [5.41, 5.74) is 0. The molecule has 0 aromatic heterocycles. The summed E-state index contributed by atoms with van der Waals surface area (Å²) in [6.07, 6.45) is 0.0789. The summed E-state index contributed by atoms with van der Waals surface area (Å²) in [6, 6.07) is 0. The Hall–Kier alpha value is -0.860. The smallest absolute Gasteiger partial charge is 0.330 e. The zero-order valence-corrected chi connectivity index (χ0v) is 19.3. The number of thiol groups is 1. The first-order valence-electron chi connectivity index (χ1n) is 9.01. The van der Waals surface area contributed by atoms with Crippen LogP contribution in [0.3, 0.4) is 0 Å². The minimum Gasteiger partial charge on any atom is -0.463 e. The van der Waals surface area contributed by atoms with Crippen molar-refractivity contribution in [2.24, 2.45) is 0 Å². The van der Waals surface area contributed by atoms with Crippen molar-refractivity contribution in [3.05, 3.63) is 12.7 Å². The molecule has 0 aliphatic heterocycles. The number of hydrogen-bond donors (Lipinski definition) is 5. The first-order chi connectivity index (χ1) is 14.3. The number of carbonyl (C=O) groups is 2. The molecule has 0 spiro atoms. The Balaban J connectivity index is -0.000000411. The van der Waals surface area contributed by atoms with Crippen molar-refractivity contribution in [3.63, 3.8) is 0 Å². The fourth-order valence-electron chi connectivity index (χ4n) is 1.08. The van der Waals surface area contributed by atoms with E-state index in [0.29, 0.717) is 43.5 Å². The lowest BCUT2D eigenvalue weighted by Crippen LogP contribution is -2.16. The molecule has 180 valence electrons. The van der Waals surface area contributed by atoms with Crippen molar-refractivity contribution in [3.8, 4) is 0 Å². The van der Waals surface area contributed by atoms with Gasteiger partial charge in [0.15, 0.2) is 0 Å². The number of ether oxygens (including phenoxy) is 4. The van der Waals surface area contributed by atoms with Gasteiger partial charge in [0.1, 0.15) is 13.2 Å². The van der Waals surface area contributed by atoms with E-state index in [1.54, 1.807) is 14.2 Å². The third-order valence-electron chi connectivity index (χ3n) is 2.64. The molecule has 0 amide bonds. The number of aliphatic hydroxyl groups excluding tert-OH is 4. The van der Waals surface area contributed by atoms with Crippen LogP contribution < -0.4 is 0 Å². The van der Waals surface area contributed by atoms with Crippen molar-refractivity contribution in [1.29, 1.82) is 0 Å². The quantitative estimate of drug-likeness (QED) is 0.0881. The molecule has 0 radical (unpaired) electrons. The predicted octanol–water partition coefficient (Wildman–Crippen LogP) is -0.716. The Kier molecular flexibility index (Phi) is 31.7. The van der Waals surface area contributed by atoms with E-state index in [9.17, 15) is 9.59 Å². The van der Waals surface area contributed by atoms with Crippen LogP contribution in [0.25, 0.3) is 0 Å². The summed E-state index contributed by atoms with van der Waals surface area (Å²) in [4.78, 5) is 21.3. The van der Waals surface area contributed by atoms with Crippen molar-refractivity contribution in [1.82, 2.24) is 0 Å². The van der Waals surface area contributed by atoms with Crippen LogP contribution in [-0.4, -0.2) is 116 Å². The molecule has 0 rings (SSSR count). The van der Waals surface area contributed by atoms with Gasteiger partial charge < -0.3 is 39.4 Å². The van der Waals surface area contributed by atoms with Crippen LogP contribution in [0.4, 0.5) is 0 Å². The Morgan fingerprint density at radius 1 is 1.00 bits per heavy atom. The monoisotopic (exact) mass is 476 g/mol. The number of thioether (sulfide) groups is 1. The molecule has 0 saturated heterocycles. The van der Waals surface area contributed by atoms with Crippen LogP contribution in [0.15, 0.2) is 12.7 Å². The molecule has 4 N–H and O–H groups in total. The van der Waals surface area contributed by atoms with Gasteiger partial charge in [-0.3, -0.25) is 4.79 Å². The van der Waals surface area contributed by atoms with Gasteiger partial charge in [-0.25, -0.2) is 4.79 Å². The van der Waals surface area contributed by atoms with E-state index in [1.165, 1.54) is 11.8 Å². The second-order valence-corrected chi connectivity index (χ2v) is 6.77. The molecule has 0 saturated carbocycles. The van der Waals surface area contributed by atoms with Crippen LogP contribution in [0, 0.1) is 0 Å². The van der Waals surface area contributed by atoms with Crippen molar-refractivity contribution in [2.45, 2.75) is 18.6 Å². The van der Waals surface area contributed by atoms with Gasteiger partial charge in [0.05, 0.1) is 45.1 Å². The maximum Gasteiger partial charge on any atom is 0.330 e. The van der Waals surface area contributed by atoms with Crippen molar-refractivity contribution >= 4 is 36.3 Å². The highest BCUT2D eigenvalue weighted by Crippen LogP contribution is 2.05.